The number of piperazine rings is 1. The summed E-state index contributed by atoms with van der Waals surface area (Å²) in [4.78, 5) is 39.4. The Kier molecular flexibility index (Phi) is 9.17. The fourth-order valence-electron chi connectivity index (χ4n) is 4.46. The highest BCUT2D eigenvalue weighted by atomic mass is 32.1. The van der Waals surface area contributed by atoms with Gasteiger partial charge < -0.3 is 14.5 Å². The molecule has 0 aliphatic carbocycles. The van der Waals surface area contributed by atoms with Gasteiger partial charge in [0.1, 0.15) is 16.9 Å². The van der Waals surface area contributed by atoms with Crippen LogP contribution >= 0.6 is 22.7 Å². The molecule has 2 N–H and O–H groups in total. The molecule has 5 rings (SSSR count). The number of rotatable bonds is 11. The molecule has 0 spiro atoms. The van der Waals surface area contributed by atoms with Crippen molar-refractivity contribution in [3.8, 4) is 27.6 Å². The first-order valence-electron chi connectivity index (χ1n) is 13.2. The number of likely N-dealkylation sites (N-methyl/N-ethyl adjacent to an activating group) is 1. The summed E-state index contributed by atoms with van der Waals surface area (Å²) in [5.41, 5.74) is 7.84. The number of carbonyl (C=O) groups is 2. The van der Waals surface area contributed by atoms with E-state index in [0.29, 0.717) is 30.1 Å². The van der Waals surface area contributed by atoms with Crippen molar-refractivity contribution in [2.24, 2.45) is 0 Å². The number of aromatic nitrogens is 2. The van der Waals surface area contributed by atoms with Crippen LogP contribution in [0.2, 0.25) is 0 Å². The zero-order chi connectivity index (χ0) is 27.9. The molecule has 3 aromatic heterocycles. The van der Waals surface area contributed by atoms with Crippen LogP contribution in [0, 0.1) is 0 Å². The van der Waals surface area contributed by atoms with Crippen LogP contribution in [-0.2, 0) is 9.59 Å². The second-order valence-electron chi connectivity index (χ2n) is 9.70. The number of amides is 1. The maximum Gasteiger partial charge on any atom is 0.262 e. The van der Waals surface area contributed by atoms with Crippen molar-refractivity contribution in [1.29, 1.82) is 0 Å². The number of ether oxygens (including phenoxy) is 1. The molecular weight excluding hydrogens is 544 g/mol. The zero-order valence-electron chi connectivity index (χ0n) is 22.6. The first-order valence-corrected chi connectivity index (χ1v) is 14.9. The topological polar surface area (TPSA) is 99.7 Å². The number of hydrazine groups is 1. The van der Waals surface area contributed by atoms with Crippen molar-refractivity contribution < 1.29 is 14.3 Å². The van der Waals surface area contributed by atoms with Gasteiger partial charge in [-0.1, -0.05) is 18.2 Å². The fraction of sp³-hybridized carbons (Fsp3) is 0.310. The first kappa shape index (κ1) is 27.9. The molecule has 11 heteroatoms. The standard InChI is InChI=1S/C29H32N6O3S2/c1-20(18-36)16-25(37)32-33-28-26-23(19-40-29(26)31-27(30-28)24-8-4-15-39-24)21-6-3-7-22(17-21)38-14-5-9-35-12-10-34(2)11-13-35/h3-4,6-8,15-19H,5,9-14H2,1-2H3,(H,32,37)(H,30,31,33)/b20-16-. The lowest BCUT2D eigenvalue weighted by Gasteiger charge is -2.32. The SMILES string of the molecule is C/C(C=O)=C/C(=O)NNc1nc(-c2cccs2)nc2scc(-c3cccc(OCCCN4CCN(C)CC4)c3)c12. The minimum Gasteiger partial charge on any atom is -0.494 e. The number of benzene rings is 1. The highest BCUT2D eigenvalue weighted by Gasteiger charge is 2.18. The Morgan fingerprint density at radius 3 is 2.75 bits per heavy atom. The summed E-state index contributed by atoms with van der Waals surface area (Å²) in [7, 11) is 2.17. The molecule has 40 heavy (non-hydrogen) atoms. The third-order valence-electron chi connectivity index (χ3n) is 6.65. The number of nitrogens with one attached hydrogen (secondary N) is 2. The zero-order valence-corrected chi connectivity index (χ0v) is 24.2. The van der Waals surface area contributed by atoms with Crippen LogP contribution in [0.4, 0.5) is 5.82 Å². The maximum absolute atomic E-state index is 12.3. The molecule has 208 valence electrons. The molecule has 4 aromatic rings. The highest BCUT2D eigenvalue weighted by molar-refractivity contribution is 7.17. The number of nitrogens with zero attached hydrogens (tertiary/aromatic N) is 4. The third-order valence-corrected chi connectivity index (χ3v) is 8.39. The average molecular weight is 577 g/mol. The van der Waals surface area contributed by atoms with Crippen LogP contribution < -0.4 is 15.6 Å². The van der Waals surface area contributed by atoms with E-state index in [2.05, 4.69) is 27.7 Å². The predicted octanol–water partition coefficient (Wildman–Crippen LogP) is 4.69. The van der Waals surface area contributed by atoms with Crippen molar-refractivity contribution >= 4 is 50.9 Å². The van der Waals surface area contributed by atoms with Gasteiger partial charge in [0.2, 0.25) is 0 Å². The lowest BCUT2D eigenvalue weighted by atomic mass is 10.1. The van der Waals surface area contributed by atoms with E-state index in [1.807, 2.05) is 47.2 Å². The minimum absolute atomic E-state index is 0.322. The summed E-state index contributed by atoms with van der Waals surface area (Å²) in [6, 6.07) is 11.9. The second-order valence-corrected chi connectivity index (χ2v) is 11.5. The number of hydrogen-bond donors (Lipinski definition) is 2. The number of allylic oxidation sites excluding steroid dienone is 1. The average Bonchev–Trinajstić information content (AvgIpc) is 3.66. The predicted molar refractivity (Wildman–Crippen MR) is 162 cm³/mol. The molecule has 0 unspecified atom stereocenters. The van der Waals surface area contributed by atoms with Crippen molar-refractivity contribution in [1.82, 2.24) is 25.2 Å². The summed E-state index contributed by atoms with van der Waals surface area (Å²) in [6.07, 6.45) is 2.84. The summed E-state index contributed by atoms with van der Waals surface area (Å²) in [5.74, 6) is 1.42. The molecule has 0 radical (unpaired) electrons. The Morgan fingerprint density at radius 1 is 1.12 bits per heavy atom. The van der Waals surface area contributed by atoms with E-state index >= 15 is 0 Å². The van der Waals surface area contributed by atoms with E-state index in [-0.39, 0.29) is 0 Å². The quantitative estimate of drug-likeness (QED) is 0.115. The Morgan fingerprint density at radius 2 is 1.98 bits per heavy atom. The molecule has 0 atom stereocenters. The van der Waals surface area contributed by atoms with Gasteiger partial charge in [-0.25, -0.2) is 9.97 Å². The molecule has 1 aromatic carbocycles. The fourth-order valence-corrected chi connectivity index (χ4v) is 6.07. The van der Waals surface area contributed by atoms with Gasteiger partial charge in [-0.2, -0.15) is 0 Å². The van der Waals surface area contributed by atoms with E-state index in [0.717, 1.165) is 71.1 Å². The largest absolute Gasteiger partial charge is 0.494 e. The van der Waals surface area contributed by atoms with Crippen LogP contribution in [0.5, 0.6) is 5.75 Å². The number of thiophene rings is 2. The van der Waals surface area contributed by atoms with E-state index < -0.39 is 5.91 Å². The Bertz CT molecular complexity index is 1490. The van der Waals surface area contributed by atoms with Gasteiger partial charge in [-0.05, 0) is 55.1 Å². The normalized spacial score (nSPS) is 14.8. The first-order chi connectivity index (χ1) is 19.5. The molecule has 0 saturated carbocycles. The van der Waals surface area contributed by atoms with Crippen LogP contribution in [0.3, 0.4) is 0 Å². The van der Waals surface area contributed by atoms with Gasteiger partial charge in [0.15, 0.2) is 11.6 Å². The number of fused-ring (bicyclic) bond motifs is 1. The van der Waals surface area contributed by atoms with E-state index in [1.54, 1.807) is 18.3 Å². The minimum atomic E-state index is -0.446. The molecule has 1 fully saturated rings. The summed E-state index contributed by atoms with van der Waals surface area (Å²) >= 11 is 3.07. The third kappa shape index (κ3) is 6.92. The number of hydrogen-bond acceptors (Lipinski definition) is 10. The smallest absolute Gasteiger partial charge is 0.262 e. The van der Waals surface area contributed by atoms with Gasteiger partial charge in [-0.3, -0.25) is 20.4 Å². The van der Waals surface area contributed by atoms with Crippen molar-refractivity contribution in [3.05, 3.63) is 58.8 Å². The molecule has 1 aliphatic rings. The molecule has 9 nitrogen and oxygen atoms in total. The summed E-state index contributed by atoms with van der Waals surface area (Å²) in [5, 5.41) is 4.82. The van der Waals surface area contributed by atoms with E-state index in [4.69, 9.17) is 14.7 Å². The number of anilines is 1. The molecule has 1 saturated heterocycles. The monoisotopic (exact) mass is 576 g/mol. The lowest BCUT2D eigenvalue weighted by Crippen LogP contribution is -2.44. The van der Waals surface area contributed by atoms with Gasteiger partial charge in [0.05, 0.1) is 16.9 Å². The maximum atomic E-state index is 12.3. The van der Waals surface area contributed by atoms with E-state index in [1.165, 1.54) is 17.4 Å². The van der Waals surface area contributed by atoms with Crippen LogP contribution in [0.15, 0.2) is 58.8 Å². The Hall–Kier alpha value is -3.64. The lowest BCUT2D eigenvalue weighted by molar-refractivity contribution is -0.116. The van der Waals surface area contributed by atoms with Crippen LogP contribution in [0.25, 0.3) is 32.0 Å². The van der Waals surface area contributed by atoms with Gasteiger partial charge in [0.25, 0.3) is 5.91 Å². The van der Waals surface area contributed by atoms with Crippen molar-refractivity contribution in [2.75, 3.05) is 51.8 Å². The van der Waals surface area contributed by atoms with Crippen molar-refractivity contribution in [3.63, 3.8) is 0 Å². The molecule has 4 heterocycles. The Labute approximate surface area is 241 Å². The molecule has 1 aliphatic heterocycles. The van der Waals surface area contributed by atoms with Crippen LogP contribution in [-0.4, -0.2) is 78.3 Å². The number of carbonyl (C=O) groups excluding carboxylic acids is 2. The van der Waals surface area contributed by atoms with Gasteiger partial charge >= 0.3 is 0 Å². The van der Waals surface area contributed by atoms with Crippen molar-refractivity contribution in [2.45, 2.75) is 13.3 Å². The van der Waals surface area contributed by atoms with E-state index in [9.17, 15) is 9.59 Å². The van der Waals surface area contributed by atoms with Gasteiger partial charge in [0, 0.05) is 49.7 Å². The van der Waals surface area contributed by atoms with Gasteiger partial charge in [-0.15, -0.1) is 22.7 Å². The second kappa shape index (κ2) is 13.1. The summed E-state index contributed by atoms with van der Waals surface area (Å²) < 4.78 is 6.12. The highest BCUT2D eigenvalue weighted by Crippen LogP contribution is 2.39. The molecule has 0 bridgehead atoms. The molecular formula is C29H32N6O3S2. The number of aldehydes is 1. The van der Waals surface area contributed by atoms with Crippen LogP contribution in [0.1, 0.15) is 13.3 Å². The molecule has 1 amide bonds. The summed E-state index contributed by atoms with van der Waals surface area (Å²) in [6.45, 7) is 7.71. The Balaban J connectivity index is 1.35.